The van der Waals surface area contributed by atoms with Crippen LogP contribution in [0.15, 0.2) is 48.5 Å². The predicted octanol–water partition coefficient (Wildman–Crippen LogP) is 3.67. The largest absolute Gasteiger partial charge is 0.480 e. The van der Waals surface area contributed by atoms with Crippen molar-refractivity contribution in [2.45, 2.75) is 50.6 Å². The van der Waals surface area contributed by atoms with E-state index in [1.807, 2.05) is 24.3 Å². The summed E-state index contributed by atoms with van der Waals surface area (Å²) in [4.78, 5) is 36.5. The zero-order valence-corrected chi connectivity index (χ0v) is 18.3. The van der Waals surface area contributed by atoms with Crippen LogP contribution in [0.2, 0.25) is 0 Å². The van der Waals surface area contributed by atoms with Crippen LogP contribution in [-0.2, 0) is 14.3 Å². The molecule has 1 saturated carbocycles. The van der Waals surface area contributed by atoms with Crippen molar-refractivity contribution in [3.63, 3.8) is 0 Å². The minimum absolute atomic E-state index is 0.0350. The highest BCUT2D eigenvalue weighted by Crippen LogP contribution is 2.44. The van der Waals surface area contributed by atoms with Gasteiger partial charge in [-0.3, -0.25) is 4.79 Å². The van der Waals surface area contributed by atoms with Crippen LogP contribution in [0.1, 0.15) is 50.2 Å². The van der Waals surface area contributed by atoms with Crippen LogP contribution in [-0.4, -0.2) is 41.3 Å². The highest BCUT2D eigenvalue weighted by atomic mass is 16.5. The molecular formula is C25H28N2O5. The van der Waals surface area contributed by atoms with Crippen LogP contribution in [0.4, 0.5) is 4.79 Å². The van der Waals surface area contributed by atoms with Gasteiger partial charge in [-0.05, 0) is 48.9 Å². The van der Waals surface area contributed by atoms with E-state index in [4.69, 9.17) is 4.74 Å². The quantitative estimate of drug-likeness (QED) is 0.641. The lowest BCUT2D eigenvalue weighted by Crippen LogP contribution is -2.54. The molecule has 2 aromatic rings. The first-order valence-corrected chi connectivity index (χ1v) is 10.9. The summed E-state index contributed by atoms with van der Waals surface area (Å²) < 4.78 is 5.59. The molecule has 0 saturated heterocycles. The highest BCUT2D eigenvalue weighted by molar-refractivity contribution is 5.88. The number of fused-ring (bicyclic) bond motifs is 3. The number of carboxylic acids is 1. The van der Waals surface area contributed by atoms with Gasteiger partial charge in [-0.2, -0.15) is 0 Å². The zero-order valence-electron chi connectivity index (χ0n) is 18.3. The average Bonchev–Trinajstić information content (AvgIpc) is 3.34. The van der Waals surface area contributed by atoms with Crippen molar-refractivity contribution < 1.29 is 24.2 Å². The molecule has 0 unspecified atom stereocenters. The number of carbonyl (C=O) groups excluding carboxylic acids is 2. The van der Waals surface area contributed by atoms with E-state index in [0.29, 0.717) is 12.8 Å². The van der Waals surface area contributed by atoms with E-state index < -0.39 is 23.5 Å². The first kappa shape index (κ1) is 21.9. The molecule has 168 valence electrons. The minimum atomic E-state index is -1.37. The lowest BCUT2D eigenvalue weighted by molar-refractivity contribution is -0.146. The Hall–Kier alpha value is -3.35. The summed E-state index contributed by atoms with van der Waals surface area (Å²) in [6.07, 6.45) is 1.46. The van der Waals surface area contributed by atoms with Gasteiger partial charge in [-0.1, -0.05) is 55.0 Å². The molecular weight excluding hydrogens is 408 g/mol. The molecule has 2 aliphatic carbocycles. The van der Waals surface area contributed by atoms with Crippen molar-refractivity contribution in [3.05, 3.63) is 59.7 Å². The number of amides is 2. The first-order valence-electron chi connectivity index (χ1n) is 10.9. The molecule has 7 nitrogen and oxygen atoms in total. The van der Waals surface area contributed by atoms with Crippen LogP contribution < -0.4 is 10.6 Å². The number of benzene rings is 2. The van der Waals surface area contributed by atoms with E-state index in [2.05, 4.69) is 34.9 Å². The molecule has 0 spiro atoms. The van der Waals surface area contributed by atoms with E-state index in [-0.39, 0.29) is 24.5 Å². The number of carboxylic acid groups (broad SMARTS) is 1. The minimum Gasteiger partial charge on any atom is -0.480 e. The monoisotopic (exact) mass is 436 g/mol. The van der Waals surface area contributed by atoms with Crippen molar-refractivity contribution >= 4 is 18.0 Å². The number of ether oxygens (including phenoxy) is 1. The highest BCUT2D eigenvalue weighted by Gasteiger charge is 2.38. The molecule has 0 heterocycles. The fourth-order valence-corrected chi connectivity index (χ4v) is 4.69. The SMILES string of the molecule is CC(C)(NC(=O)[C@@H]1CCC[C@@H]1NC(=O)OCC1c2ccccc2-c2ccccc21)C(=O)O. The van der Waals surface area contributed by atoms with E-state index in [1.54, 1.807) is 0 Å². The van der Waals surface area contributed by atoms with Gasteiger partial charge >= 0.3 is 12.1 Å². The normalized spacial score (nSPS) is 19.7. The second kappa shape index (κ2) is 8.65. The maximum absolute atomic E-state index is 12.6. The van der Waals surface area contributed by atoms with Gasteiger partial charge in [0.15, 0.2) is 0 Å². The molecule has 3 N–H and O–H groups in total. The Bertz CT molecular complexity index is 1000. The van der Waals surface area contributed by atoms with Gasteiger partial charge in [-0.15, -0.1) is 0 Å². The summed E-state index contributed by atoms with van der Waals surface area (Å²) in [5.74, 6) is -1.98. The second-order valence-corrected chi connectivity index (χ2v) is 9.03. The Kier molecular flexibility index (Phi) is 5.91. The van der Waals surface area contributed by atoms with Crippen molar-refractivity contribution in [2.75, 3.05) is 6.61 Å². The molecule has 2 atom stereocenters. The molecule has 0 bridgehead atoms. The van der Waals surface area contributed by atoms with Crippen LogP contribution in [0.5, 0.6) is 0 Å². The summed E-state index contributed by atoms with van der Waals surface area (Å²) in [5.41, 5.74) is 3.22. The number of hydrogen-bond donors (Lipinski definition) is 3. The Morgan fingerprint density at radius 1 is 1.00 bits per heavy atom. The van der Waals surface area contributed by atoms with E-state index in [9.17, 15) is 19.5 Å². The van der Waals surface area contributed by atoms with Gasteiger partial charge in [0.1, 0.15) is 12.1 Å². The molecule has 2 aliphatic rings. The molecule has 2 amide bonds. The Balaban J connectivity index is 1.38. The number of alkyl carbamates (subject to hydrolysis) is 1. The van der Waals surface area contributed by atoms with Gasteiger partial charge in [0, 0.05) is 12.0 Å². The maximum Gasteiger partial charge on any atom is 0.407 e. The van der Waals surface area contributed by atoms with Gasteiger partial charge in [0.25, 0.3) is 0 Å². The third kappa shape index (κ3) is 4.20. The number of carbonyl (C=O) groups is 3. The lowest BCUT2D eigenvalue weighted by Gasteiger charge is -2.26. The van der Waals surface area contributed by atoms with Crippen molar-refractivity contribution in [3.8, 4) is 11.1 Å². The standard InChI is InChI=1S/C25H28N2O5/c1-25(2,23(29)30)27-22(28)19-12-7-13-21(19)26-24(31)32-14-20-17-10-5-3-8-15(17)16-9-4-6-11-18(16)20/h3-6,8-11,19-21H,7,12-14H2,1-2H3,(H,26,31)(H,27,28)(H,29,30)/t19-,21+/m1/s1. The predicted molar refractivity (Wildman–Crippen MR) is 119 cm³/mol. The van der Waals surface area contributed by atoms with Crippen LogP contribution in [0.25, 0.3) is 11.1 Å². The van der Waals surface area contributed by atoms with Gasteiger partial charge < -0.3 is 20.5 Å². The Labute approximate surface area is 187 Å². The molecule has 2 aromatic carbocycles. The number of nitrogens with one attached hydrogen (secondary N) is 2. The summed E-state index contributed by atoms with van der Waals surface area (Å²) in [5, 5.41) is 14.6. The van der Waals surface area contributed by atoms with E-state index in [1.165, 1.54) is 13.8 Å². The van der Waals surface area contributed by atoms with Gasteiger partial charge in [-0.25, -0.2) is 9.59 Å². The fraction of sp³-hybridized carbons (Fsp3) is 0.400. The topological polar surface area (TPSA) is 105 Å². The Morgan fingerprint density at radius 3 is 2.19 bits per heavy atom. The summed E-state index contributed by atoms with van der Waals surface area (Å²) in [7, 11) is 0. The maximum atomic E-state index is 12.6. The molecule has 0 radical (unpaired) electrons. The summed E-state index contributed by atoms with van der Waals surface area (Å²) >= 11 is 0. The molecule has 1 fully saturated rings. The lowest BCUT2D eigenvalue weighted by atomic mass is 9.98. The zero-order chi connectivity index (χ0) is 22.9. The number of aliphatic carboxylic acids is 1. The van der Waals surface area contributed by atoms with E-state index >= 15 is 0 Å². The Morgan fingerprint density at radius 2 is 1.59 bits per heavy atom. The van der Waals surface area contributed by atoms with Crippen molar-refractivity contribution in [1.29, 1.82) is 0 Å². The number of hydrogen-bond acceptors (Lipinski definition) is 4. The fourth-order valence-electron chi connectivity index (χ4n) is 4.69. The van der Waals surface area contributed by atoms with Gasteiger partial charge in [0.2, 0.25) is 5.91 Å². The first-order chi connectivity index (χ1) is 15.3. The molecule has 4 rings (SSSR count). The van der Waals surface area contributed by atoms with Crippen molar-refractivity contribution in [2.24, 2.45) is 5.92 Å². The smallest absolute Gasteiger partial charge is 0.407 e. The molecule has 32 heavy (non-hydrogen) atoms. The molecule has 7 heteroatoms. The summed E-state index contributed by atoms with van der Waals surface area (Å²) in [6.45, 7) is 3.09. The molecule has 0 aliphatic heterocycles. The van der Waals surface area contributed by atoms with E-state index in [0.717, 1.165) is 28.7 Å². The van der Waals surface area contributed by atoms with Crippen LogP contribution >= 0.6 is 0 Å². The van der Waals surface area contributed by atoms with Gasteiger partial charge in [0.05, 0.1) is 5.92 Å². The third-order valence-corrected chi connectivity index (χ3v) is 6.47. The van der Waals surface area contributed by atoms with Crippen LogP contribution in [0.3, 0.4) is 0 Å². The molecule has 0 aromatic heterocycles. The van der Waals surface area contributed by atoms with Crippen LogP contribution in [0, 0.1) is 5.92 Å². The average molecular weight is 437 g/mol. The number of rotatable bonds is 6. The second-order valence-electron chi connectivity index (χ2n) is 9.03. The van der Waals surface area contributed by atoms with Crippen molar-refractivity contribution in [1.82, 2.24) is 10.6 Å². The third-order valence-electron chi connectivity index (χ3n) is 6.47. The summed E-state index contributed by atoms with van der Waals surface area (Å²) in [6, 6.07) is 15.9.